The minimum Gasteiger partial charge on any atom is -0.326 e. The van der Waals surface area contributed by atoms with Gasteiger partial charge >= 0.3 is 0 Å². The molecule has 5 heteroatoms. The van der Waals surface area contributed by atoms with Crippen molar-refractivity contribution in [3.8, 4) is 0 Å². The van der Waals surface area contributed by atoms with Crippen molar-refractivity contribution in [1.29, 1.82) is 0 Å². The van der Waals surface area contributed by atoms with Crippen LogP contribution in [0.3, 0.4) is 0 Å². The molecule has 0 aliphatic carbocycles. The summed E-state index contributed by atoms with van der Waals surface area (Å²) in [4.78, 5) is 35.3. The smallest absolute Gasteiger partial charge is 0.233 e. The zero-order valence-electron chi connectivity index (χ0n) is 14.6. The van der Waals surface area contributed by atoms with E-state index in [1.807, 2.05) is 24.3 Å². The third kappa shape index (κ3) is 5.57. The highest BCUT2D eigenvalue weighted by atomic mass is 16.2. The average molecular weight is 338 g/mol. The predicted molar refractivity (Wildman–Crippen MR) is 98.9 cm³/mol. The summed E-state index contributed by atoms with van der Waals surface area (Å²) in [5.41, 5.74) is 2.83. The monoisotopic (exact) mass is 338 g/mol. The first-order valence-electron chi connectivity index (χ1n) is 8.16. The van der Waals surface area contributed by atoms with E-state index in [1.165, 1.54) is 12.5 Å². The maximum Gasteiger partial charge on any atom is 0.233 e. The van der Waals surface area contributed by atoms with Gasteiger partial charge in [0.2, 0.25) is 11.8 Å². The number of carbonyl (C=O) groups is 3. The molecule has 2 rings (SSSR count). The molecule has 0 aliphatic heterocycles. The van der Waals surface area contributed by atoms with Gasteiger partial charge in [0, 0.05) is 16.9 Å². The standard InChI is InChI=1S/C20H22N2O3/c1-13(2)15-7-9-17(10-8-15)21-19(24)12-20(25)22-18-6-4-5-16(11-18)14(3)23/h4-11,13H,12H2,1-3H3,(H,21,24)(H,22,25). The minimum absolute atomic E-state index is 0.0845. The Kier molecular flexibility index (Phi) is 6.06. The van der Waals surface area contributed by atoms with E-state index in [2.05, 4.69) is 24.5 Å². The van der Waals surface area contributed by atoms with Crippen molar-refractivity contribution >= 4 is 29.0 Å². The van der Waals surface area contributed by atoms with Gasteiger partial charge in [-0.3, -0.25) is 14.4 Å². The van der Waals surface area contributed by atoms with Crippen molar-refractivity contribution in [2.45, 2.75) is 33.1 Å². The number of anilines is 2. The summed E-state index contributed by atoms with van der Waals surface area (Å²) >= 11 is 0. The van der Waals surface area contributed by atoms with Gasteiger partial charge in [-0.25, -0.2) is 0 Å². The molecular weight excluding hydrogens is 316 g/mol. The Morgan fingerprint density at radius 2 is 1.48 bits per heavy atom. The van der Waals surface area contributed by atoms with Crippen LogP contribution in [0.5, 0.6) is 0 Å². The van der Waals surface area contributed by atoms with Crippen LogP contribution in [0.4, 0.5) is 11.4 Å². The molecule has 0 saturated heterocycles. The molecule has 0 aromatic heterocycles. The zero-order chi connectivity index (χ0) is 18.4. The Labute approximate surface area is 147 Å². The fourth-order valence-corrected chi connectivity index (χ4v) is 2.32. The number of benzene rings is 2. The molecule has 130 valence electrons. The second-order valence-corrected chi connectivity index (χ2v) is 6.19. The van der Waals surface area contributed by atoms with E-state index in [9.17, 15) is 14.4 Å². The third-order valence-electron chi connectivity index (χ3n) is 3.74. The summed E-state index contributed by atoms with van der Waals surface area (Å²) in [6.45, 7) is 5.65. The van der Waals surface area contributed by atoms with Gasteiger partial charge in [0.1, 0.15) is 6.42 Å². The van der Waals surface area contributed by atoms with Crippen molar-refractivity contribution < 1.29 is 14.4 Å². The third-order valence-corrected chi connectivity index (χ3v) is 3.74. The molecule has 0 radical (unpaired) electrons. The number of amides is 2. The highest BCUT2D eigenvalue weighted by Crippen LogP contribution is 2.17. The molecule has 0 aliphatic rings. The normalized spacial score (nSPS) is 10.4. The van der Waals surface area contributed by atoms with Crippen LogP contribution in [0.15, 0.2) is 48.5 Å². The average Bonchev–Trinajstić information content (AvgIpc) is 2.55. The maximum atomic E-state index is 12.0. The Morgan fingerprint density at radius 3 is 2.04 bits per heavy atom. The Bertz CT molecular complexity index is 780. The Morgan fingerprint density at radius 1 is 0.880 bits per heavy atom. The highest BCUT2D eigenvalue weighted by molar-refractivity contribution is 6.08. The Hall–Kier alpha value is -2.95. The van der Waals surface area contributed by atoms with Crippen molar-refractivity contribution in [2.24, 2.45) is 0 Å². The van der Waals surface area contributed by atoms with E-state index in [-0.39, 0.29) is 12.2 Å². The van der Waals surface area contributed by atoms with Crippen molar-refractivity contribution in [2.75, 3.05) is 10.6 Å². The van der Waals surface area contributed by atoms with E-state index in [1.54, 1.807) is 24.3 Å². The lowest BCUT2D eigenvalue weighted by Crippen LogP contribution is -2.21. The molecule has 2 aromatic carbocycles. The van der Waals surface area contributed by atoms with Crippen LogP contribution in [-0.2, 0) is 9.59 Å². The first-order valence-corrected chi connectivity index (χ1v) is 8.16. The zero-order valence-corrected chi connectivity index (χ0v) is 14.6. The number of hydrogen-bond donors (Lipinski definition) is 2. The SMILES string of the molecule is CC(=O)c1cccc(NC(=O)CC(=O)Nc2ccc(C(C)C)cc2)c1. The summed E-state index contributed by atoms with van der Waals surface area (Å²) in [6, 6.07) is 14.2. The van der Waals surface area contributed by atoms with Crippen LogP contribution in [0, 0.1) is 0 Å². The van der Waals surface area contributed by atoms with Crippen LogP contribution in [0.1, 0.15) is 49.0 Å². The molecule has 5 nitrogen and oxygen atoms in total. The van der Waals surface area contributed by atoms with Gasteiger partial charge in [-0.05, 0) is 42.7 Å². The summed E-state index contributed by atoms with van der Waals surface area (Å²) < 4.78 is 0. The van der Waals surface area contributed by atoms with E-state index in [0.717, 1.165) is 0 Å². The van der Waals surface area contributed by atoms with E-state index in [4.69, 9.17) is 0 Å². The van der Waals surface area contributed by atoms with Crippen LogP contribution < -0.4 is 10.6 Å². The second kappa shape index (κ2) is 8.24. The first-order chi connectivity index (χ1) is 11.8. The highest BCUT2D eigenvalue weighted by Gasteiger charge is 2.11. The van der Waals surface area contributed by atoms with E-state index in [0.29, 0.717) is 22.9 Å². The van der Waals surface area contributed by atoms with E-state index < -0.39 is 11.8 Å². The first kappa shape index (κ1) is 18.4. The molecule has 0 atom stereocenters. The van der Waals surface area contributed by atoms with Crippen LogP contribution in [0.25, 0.3) is 0 Å². The van der Waals surface area contributed by atoms with E-state index >= 15 is 0 Å². The van der Waals surface area contributed by atoms with Gasteiger partial charge in [-0.2, -0.15) is 0 Å². The van der Waals surface area contributed by atoms with Crippen molar-refractivity contribution in [1.82, 2.24) is 0 Å². The molecule has 25 heavy (non-hydrogen) atoms. The number of carbonyl (C=O) groups excluding carboxylic acids is 3. The fourth-order valence-electron chi connectivity index (χ4n) is 2.32. The molecule has 2 N–H and O–H groups in total. The van der Waals surface area contributed by atoms with Crippen LogP contribution >= 0.6 is 0 Å². The lowest BCUT2D eigenvalue weighted by Gasteiger charge is -2.09. The van der Waals surface area contributed by atoms with Crippen molar-refractivity contribution in [3.63, 3.8) is 0 Å². The van der Waals surface area contributed by atoms with Crippen molar-refractivity contribution in [3.05, 3.63) is 59.7 Å². The fraction of sp³-hybridized carbons (Fsp3) is 0.250. The quantitative estimate of drug-likeness (QED) is 0.618. The molecule has 0 spiro atoms. The van der Waals surface area contributed by atoms with Gasteiger partial charge in [0.05, 0.1) is 0 Å². The second-order valence-electron chi connectivity index (χ2n) is 6.19. The van der Waals surface area contributed by atoms with Gasteiger partial charge in [0.15, 0.2) is 5.78 Å². The maximum absolute atomic E-state index is 12.0. The largest absolute Gasteiger partial charge is 0.326 e. The van der Waals surface area contributed by atoms with Gasteiger partial charge in [-0.15, -0.1) is 0 Å². The number of nitrogens with one attached hydrogen (secondary N) is 2. The van der Waals surface area contributed by atoms with Gasteiger partial charge < -0.3 is 10.6 Å². The minimum atomic E-state index is -0.433. The molecule has 2 aromatic rings. The van der Waals surface area contributed by atoms with Gasteiger partial charge in [-0.1, -0.05) is 38.1 Å². The topological polar surface area (TPSA) is 75.3 Å². The number of Topliss-reactive ketones (excluding diaryl/α,β-unsaturated/α-hetero) is 1. The van der Waals surface area contributed by atoms with Crippen LogP contribution in [0.2, 0.25) is 0 Å². The predicted octanol–water partition coefficient (Wildman–Crippen LogP) is 3.98. The van der Waals surface area contributed by atoms with Gasteiger partial charge in [0.25, 0.3) is 0 Å². The molecule has 0 heterocycles. The summed E-state index contributed by atoms with van der Waals surface area (Å²) in [5, 5.41) is 5.33. The lowest BCUT2D eigenvalue weighted by atomic mass is 10.0. The Balaban J connectivity index is 1.90. The number of rotatable bonds is 6. The molecule has 0 unspecified atom stereocenters. The molecular formula is C20H22N2O3. The lowest BCUT2D eigenvalue weighted by molar-refractivity contribution is -0.123. The summed E-state index contributed by atoms with van der Waals surface area (Å²) in [5.74, 6) is -0.491. The summed E-state index contributed by atoms with van der Waals surface area (Å²) in [6.07, 6.45) is -0.295. The molecule has 2 amide bonds. The number of ketones is 1. The van der Waals surface area contributed by atoms with Crippen LogP contribution in [-0.4, -0.2) is 17.6 Å². The summed E-state index contributed by atoms with van der Waals surface area (Å²) in [7, 11) is 0. The number of hydrogen-bond acceptors (Lipinski definition) is 3. The molecule has 0 fully saturated rings. The molecule has 0 saturated carbocycles. The molecule has 0 bridgehead atoms.